The second kappa shape index (κ2) is 9.48. The summed E-state index contributed by atoms with van der Waals surface area (Å²) in [5.41, 5.74) is 1.70. The molecule has 0 radical (unpaired) electrons. The molecule has 0 spiro atoms. The van der Waals surface area contributed by atoms with Crippen molar-refractivity contribution < 1.29 is 14.3 Å². The molecule has 2 amide bonds. The summed E-state index contributed by atoms with van der Waals surface area (Å²) in [5.74, 6) is -0.831. The van der Waals surface area contributed by atoms with Crippen LogP contribution in [0.1, 0.15) is 28.3 Å². The van der Waals surface area contributed by atoms with Gasteiger partial charge in [-0.1, -0.05) is 19.0 Å². The quantitative estimate of drug-likeness (QED) is 0.541. The molecule has 0 atom stereocenters. The van der Waals surface area contributed by atoms with Gasteiger partial charge >= 0.3 is 0 Å². The Morgan fingerprint density at radius 2 is 1.88 bits per heavy atom. The molecule has 10 nitrogen and oxygen atoms in total. The second-order valence-electron chi connectivity index (χ2n) is 6.69. The number of ether oxygens (including phenoxy) is 1. The van der Waals surface area contributed by atoms with Crippen LogP contribution in [0.3, 0.4) is 0 Å². The number of carbonyl (C=O) groups is 2. The van der Waals surface area contributed by atoms with Crippen LogP contribution in [0.25, 0.3) is 0 Å². The third kappa shape index (κ3) is 4.86. The third-order valence-electron chi connectivity index (χ3n) is 4.50. The highest BCUT2D eigenvalue weighted by Crippen LogP contribution is 2.22. The van der Waals surface area contributed by atoms with E-state index in [1.807, 2.05) is 0 Å². The summed E-state index contributed by atoms with van der Waals surface area (Å²) in [4.78, 5) is 30.9. The zero-order valence-corrected chi connectivity index (χ0v) is 17.2. The number of nitrogens with zero attached hydrogens (tertiary/aromatic N) is 4. The van der Waals surface area contributed by atoms with Crippen molar-refractivity contribution in [3.05, 3.63) is 65.1 Å². The average molecular weight is 456 g/mol. The lowest BCUT2D eigenvalue weighted by molar-refractivity contribution is 0.102. The van der Waals surface area contributed by atoms with E-state index in [1.54, 1.807) is 42.3 Å². The monoisotopic (exact) mass is 455 g/mol. The normalized spacial score (nSPS) is 12.7. The summed E-state index contributed by atoms with van der Waals surface area (Å²) >= 11 is 5.80. The van der Waals surface area contributed by atoms with Crippen LogP contribution in [-0.4, -0.2) is 45.8 Å². The first-order chi connectivity index (χ1) is 14.9. The van der Waals surface area contributed by atoms with Crippen LogP contribution in [0.15, 0.2) is 48.8 Å². The highest BCUT2D eigenvalue weighted by atomic mass is 35.5. The van der Waals surface area contributed by atoms with Crippen molar-refractivity contribution in [2.75, 3.05) is 28.7 Å². The summed E-state index contributed by atoms with van der Waals surface area (Å²) in [6.45, 7) is 1.07. The number of anilines is 3. The molecule has 1 saturated heterocycles. The number of benzene rings is 1. The van der Waals surface area contributed by atoms with Gasteiger partial charge in [0, 0.05) is 30.8 Å². The molecule has 1 fully saturated rings. The van der Waals surface area contributed by atoms with Gasteiger partial charge in [-0.05, 0) is 36.4 Å². The van der Waals surface area contributed by atoms with E-state index in [0.29, 0.717) is 23.9 Å². The van der Waals surface area contributed by atoms with Gasteiger partial charge in [0.05, 0.1) is 11.6 Å². The molecule has 2 aromatic heterocycles. The first kappa shape index (κ1) is 22.8. The molecule has 0 unspecified atom stereocenters. The molecule has 3 N–H and O–H groups in total. The summed E-state index contributed by atoms with van der Waals surface area (Å²) in [6.07, 6.45) is 2.87. The Morgan fingerprint density at radius 1 is 1.12 bits per heavy atom. The molecule has 0 saturated carbocycles. The predicted molar refractivity (Wildman–Crippen MR) is 123 cm³/mol. The van der Waals surface area contributed by atoms with Crippen LogP contribution in [0.2, 0.25) is 5.02 Å². The zero-order valence-electron chi connectivity index (χ0n) is 16.4. The zero-order chi connectivity index (χ0) is 22.0. The number of halogens is 1. The van der Waals surface area contributed by atoms with E-state index in [1.165, 1.54) is 23.1 Å². The first-order valence-corrected chi connectivity index (χ1v) is 9.65. The fourth-order valence-electron chi connectivity index (χ4n) is 3.01. The summed E-state index contributed by atoms with van der Waals surface area (Å²) in [5, 5.41) is 17.7. The number of aryl methyl sites for hydroxylation is 1. The summed E-state index contributed by atoms with van der Waals surface area (Å²) in [6, 6.07) is 10.2. The van der Waals surface area contributed by atoms with Gasteiger partial charge < -0.3 is 15.4 Å². The fourth-order valence-corrected chi connectivity index (χ4v) is 3.12. The molecular weight excluding hydrogens is 434 g/mol. The van der Waals surface area contributed by atoms with Gasteiger partial charge in [-0.3, -0.25) is 24.6 Å². The standard InChI is InChI=1S/C20H18ClN7O3.CH4/c1-27-11-15(17(26-27)25-19(30)16-7-2-12(21)10-23-16)18(29)24-13-3-5-14(6-4-13)28-8-9-31-20(28)22;/h2-7,10-11,22H,8-9H2,1H3,(H,24,29)(H,25,26,30);1H4. The van der Waals surface area contributed by atoms with E-state index in [0.717, 1.165) is 5.69 Å². The number of hydrogen-bond donors (Lipinski definition) is 3. The Balaban J connectivity index is 0.00000289. The number of amidine groups is 1. The minimum atomic E-state index is -0.510. The molecule has 4 rings (SSSR count). The Kier molecular flexibility index (Phi) is 6.74. The Bertz CT molecular complexity index is 1140. The number of amides is 2. The highest BCUT2D eigenvalue weighted by Gasteiger charge is 2.21. The lowest BCUT2D eigenvalue weighted by Crippen LogP contribution is -2.23. The fraction of sp³-hybridized carbons (Fsp3) is 0.190. The average Bonchev–Trinajstić information content (AvgIpc) is 3.34. The minimum absolute atomic E-state index is 0. The van der Waals surface area contributed by atoms with Gasteiger partial charge in [-0.15, -0.1) is 0 Å². The van der Waals surface area contributed by atoms with Crippen molar-refractivity contribution >= 4 is 46.6 Å². The van der Waals surface area contributed by atoms with E-state index in [2.05, 4.69) is 20.7 Å². The molecule has 0 aliphatic carbocycles. The largest absolute Gasteiger partial charge is 0.463 e. The van der Waals surface area contributed by atoms with E-state index in [9.17, 15) is 9.59 Å². The lowest BCUT2D eigenvalue weighted by atomic mass is 10.2. The van der Waals surface area contributed by atoms with Crippen molar-refractivity contribution in [1.29, 1.82) is 5.41 Å². The van der Waals surface area contributed by atoms with Crippen molar-refractivity contribution in [3.63, 3.8) is 0 Å². The van der Waals surface area contributed by atoms with Crippen LogP contribution < -0.4 is 15.5 Å². The van der Waals surface area contributed by atoms with Crippen LogP contribution >= 0.6 is 11.6 Å². The number of rotatable bonds is 5. The molecule has 3 heterocycles. The molecule has 166 valence electrons. The molecular formula is C21H22ClN7O3. The topological polar surface area (TPSA) is 125 Å². The van der Waals surface area contributed by atoms with Gasteiger partial charge in [0.25, 0.3) is 17.8 Å². The Labute approximate surface area is 189 Å². The van der Waals surface area contributed by atoms with E-state index in [-0.39, 0.29) is 30.5 Å². The summed E-state index contributed by atoms with van der Waals surface area (Å²) < 4.78 is 6.57. The first-order valence-electron chi connectivity index (χ1n) is 9.27. The Morgan fingerprint density at radius 3 is 2.50 bits per heavy atom. The SMILES string of the molecule is C.Cn1cc(C(=O)Nc2ccc(N3CCOC3=N)cc2)c(NC(=O)c2ccc(Cl)cn2)n1. The molecule has 11 heteroatoms. The van der Waals surface area contributed by atoms with Crippen LogP contribution in [-0.2, 0) is 11.8 Å². The highest BCUT2D eigenvalue weighted by molar-refractivity contribution is 6.30. The number of hydrogen-bond acceptors (Lipinski definition) is 6. The Hall–Kier alpha value is -3.92. The van der Waals surface area contributed by atoms with Crippen LogP contribution in [0, 0.1) is 5.41 Å². The number of aromatic nitrogens is 3. The molecule has 1 aromatic carbocycles. The molecule has 1 aliphatic heterocycles. The number of pyridine rings is 1. The van der Waals surface area contributed by atoms with Gasteiger partial charge in [-0.25, -0.2) is 4.98 Å². The van der Waals surface area contributed by atoms with Crippen LogP contribution in [0.4, 0.5) is 17.2 Å². The number of carbonyl (C=O) groups excluding carboxylic acids is 2. The molecule has 32 heavy (non-hydrogen) atoms. The van der Waals surface area contributed by atoms with Gasteiger partial charge in [0.1, 0.15) is 17.9 Å². The smallest absolute Gasteiger partial charge is 0.289 e. The predicted octanol–water partition coefficient (Wildman–Crippen LogP) is 3.38. The molecule has 1 aliphatic rings. The maximum absolute atomic E-state index is 12.8. The second-order valence-corrected chi connectivity index (χ2v) is 7.12. The minimum Gasteiger partial charge on any atom is -0.463 e. The van der Waals surface area contributed by atoms with Crippen LogP contribution in [0.5, 0.6) is 0 Å². The van der Waals surface area contributed by atoms with Crippen molar-refractivity contribution in [3.8, 4) is 0 Å². The van der Waals surface area contributed by atoms with Crippen molar-refractivity contribution in [1.82, 2.24) is 14.8 Å². The van der Waals surface area contributed by atoms with Gasteiger partial charge in [-0.2, -0.15) is 5.10 Å². The molecule has 0 bridgehead atoms. The molecule has 3 aromatic rings. The maximum Gasteiger partial charge on any atom is 0.289 e. The van der Waals surface area contributed by atoms with Crippen molar-refractivity contribution in [2.45, 2.75) is 7.43 Å². The van der Waals surface area contributed by atoms with E-state index in [4.69, 9.17) is 21.7 Å². The lowest BCUT2D eigenvalue weighted by Gasteiger charge is -2.15. The van der Waals surface area contributed by atoms with Gasteiger partial charge in [0.15, 0.2) is 5.82 Å². The number of nitrogens with one attached hydrogen (secondary N) is 3. The summed E-state index contributed by atoms with van der Waals surface area (Å²) in [7, 11) is 1.65. The maximum atomic E-state index is 12.8. The van der Waals surface area contributed by atoms with Crippen molar-refractivity contribution in [2.24, 2.45) is 7.05 Å². The third-order valence-corrected chi connectivity index (χ3v) is 4.72. The van der Waals surface area contributed by atoms with Gasteiger partial charge in [0.2, 0.25) is 0 Å². The van der Waals surface area contributed by atoms with E-state index < -0.39 is 11.8 Å². The van der Waals surface area contributed by atoms with E-state index >= 15 is 0 Å².